The molecule has 1 N–H and O–H groups in total. The predicted molar refractivity (Wildman–Crippen MR) is 85.2 cm³/mol. The second kappa shape index (κ2) is 6.47. The average molecular weight is 322 g/mol. The number of rotatable bonds is 5. The summed E-state index contributed by atoms with van der Waals surface area (Å²) in [6.45, 7) is 4.49. The molecule has 128 valence electrons. The van der Waals surface area contributed by atoms with E-state index in [1.165, 1.54) is 0 Å². The van der Waals surface area contributed by atoms with Crippen molar-refractivity contribution in [2.24, 2.45) is 5.41 Å². The molecule has 3 rings (SSSR count). The number of nitrogens with one attached hydrogen (secondary N) is 1. The minimum Gasteiger partial charge on any atom is -0.384 e. The van der Waals surface area contributed by atoms with Crippen molar-refractivity contribution in [3.05, 3.63) is 16.3 Å². The molecule has 0 unspecified atom stereocenters. The molecule has 1 aliphatic carbocycles. The highest BCUT2D eigenvalue weighted by molar-refractivity contribution is 5.84. The Bertz CT molecular complexity index is 617. The van der Waals surface area contributed by atoms with Crippen LogP contribution in [0.5, 0.6) is 0 Å². The Morgan fingerprint density at radius 1 is 1.43 bits per heavy atom. The molecule has 23 heavy (non-hydrogen) atoms. The fourth-order valence-electron chi connectivity index (χ4n) is 3.95. The molecule has 0 radical (unpaired) electrons. The van der Waals surface area contributed by atoms with Gasteiger partial charge in [0.15, 0.2) is 0 Å². The molecular formula is C16H26N4O3. The van der Waals surface area contributed by atoms with Crippen molar-refractivity contribution in [2.75, 3.05) is 26.8 Å². The zero-order valence-corrected chi connectivity index (χ0v) is 14.0. The second-order valence-electron chi connectivity index (χ2n) is 6.79. The molecule has 1 atom stereocenters. The standard InChI is InChI=1S/C16H26N4O3/c1-3-20-13(17-18-15(20)22)12-6-4-9-19(10-12)14(21)16(11-23-2)7-5-8-16/h12H,3-11H2,1-2H3,(H,18,22)/t12-/m1/s1. The number of hydrogen-bond donors (Lipinski definition) is 1. The molecule has 1 amide bonds. The topological polar surface area (TPSA) is 80.2 Å². The molecule has 2 heterocycles. The smallest absolute Gasteiger partial charge is 0.343 e. The summed E-state index contributed by atoms with van der Waals surface area (Å²) in [5, 5.41) is 6.74. The lowest BCUT2D eigenvalue weighted by Crippen LogP contribution is -2.52. The van der Waals surface area contributed by atoms with Crippen molar-refractivity contribution >= 4 is 5.91 Å². The molecule has 2 fully saturated rings. The Kier molecular flexibility index (Phi) is 4.57. The number of ether oxygens (including phenoxy) is 1. The number of hydrogen-bond acceptors (Lipinski definition) is 4. The van der Waals surface area contributed by atoms with Gasteiger partial charge < -0.3 is 9.64 Å². The summed E-state index contributed by atoms with van der Waals surface area (Å²) >= 11 is 0. The number of H-pyrrole nitrogens is 1. The lowest BCUT2D eigenvalue weighted by Gasteiger charge is -2.45. The van der Waals surface area contributed by atoms with Crippen LogP contribution in [0, 0.1) is 5.41 Å². The zero-order valence-electron chi connectivity index (χ0n) is 14.0. The van der Waals surface area contributed by atoms with Gasteiger partial charge in [-0.3, -0.25) is 9.36 Å². The molecule has 7 heteroatoms. The molecule has 7 nitrogen and oxygen atoms in total. The van der Waals surface area contributed by atoms with Crippen molar-refractivity contribution in [3.8, 4) is 0 Å². The highest BCUT2D eigenvalue weighted by Gasteiger charge is 2.47. The summed E-state index contributed by atoms with van der Waals surface area (Å²) in [5.74, 6) is 1.13. The van der Waals surface area contributed by atoms with Crippen LogP contribution in [-0.2, 0) is 16.1 Å². The van der Waals surface area contributed by atoms with Crippen LogP contribution in [-0.4, -0.2) is 52.4 Å². The first-order valence-electron chi connectivity index (χ1n) is 8.54. The van der Waals surface area contributed by atoms with Crippen LogP contribution < -0.4 is 5.69 Å². The normalized spacial score (nSPS) is 23.6. The molecule has 1 aliphatic heterocycles. The molecule has 2 aliphatic rings. The van der Waals surface area contributed by atoms with Gasteiger partial charge in [0.2, 0.25) is 5.91 Å². The number of carbonyl (C=O) groups excluding carboxylic acids is 1. The third-order valence-corrected chi connectivity index (χ3v) is 5.36. The van der Waals surface area contributed by atoms with E-state index in [0.717, 1.165) is 44.5 Å². The molecule has 1 saturated carbocycles. The monoisotopic (exact) mass is 322 g/mol. The number of aromatic nitrogens is 3. The lowest BCUT2D eigenvalue weighted by molar-refractivity contribution is -0.153. The van der Waals surface area contributed by atoms with Gasteiger partial charge in [0.25, 0.3) is 0 Å². The Morgan fingerprint density at radius 2 is 2.22 bits per heavy atom. The molecule has 0 aromatic carbocycles. The van der Waals surface area contributed by atoms with Crippen LogP contribution in [0.25, 0.3) is 0 Å². The quantitative estimate of drug-likeness (QED) is 0.881. The fraction of sp³-hybridized carbons (Fsp3) is 0.812. The predicted octanol–water partition coefficient (Wildman–Crippen LogP) is 1.11. The highest BCUT2D eigenvalue weighted by atomic mass is 16.5. The van der Waals surface area contributed by atoms with Crippen LogP contribution >= 0.6 is 0 Å². The summed E-state index contributed by atoms with van der Waals surface area (Å²) in [5.41, 5.74) is -0.479. The maximum atomic E-state index is 13.0. The Hall–Kier alpha value is -1.63. The minimum absolute atomic E-state index is 0.131. The van der Waals surface area contributed by atoms with E-state index < -0.39 is 0 Å². The van der Waals surface area contributed by atoms with E-state index in [-0.39, 0.29) is 22.9 Å². The molecule has 1 saturated heterocycles. The minimum atomic E-state index is -0.313. The van der Waals surface area contributed by atoms with E-state index in [1.807, 2.05) is 11.8 Å². The van der Waals surface area contributed by atoms with Crippen molar-refractivity contribution in [1.29, 1.82) is 0 Å². The number of nitrogens with zero attached hydrogens (tertiary/aromatic N) is 3. The van der Waals surface area contributed by atoms with Crippen LogP contribution in [0.2, 0.25) is 0 Å². The average Bonchev–Trinajstić information content (AvgIpc) is 2.91. The van der Waals surface area contributed by atoms with Gasteiger partial charge in [0, 0.05) is 32.7 Å². The largest absolute Gasteiger partial charge is 0.384 e. The SMILES string of the molecule is CCn1c([C@@H]2CCCN(C(=O)C3(COC)CCC3)C2)n[nH]c1=O. The molecule has 1 aromatic heterocycles. The number of likely N-dealkylation sites (tertiary alicyclic amines) is 1. The summed E-state index contributed by atoms with van der Waals surface area (Å²) in [4.78, 5) is 26.7. The van der Waals surface area contributed by atoms with Gasteiger partial charge in [0.05, 0.1) is 12.0 Å². The Labute approximate surface area is 136 Å². The first-order chi connectivity index (χ1) is 11.1. The molecule has 0 spiro atoms. The van der Waals surface area contributed by atoms with E-state index in [2.05, 4.69) is 10.2 Å². The van der Waals surface area contributed by atoms with E-state index in [4.69, 9.17) is 4.74 Å². The van der Waals surface area contributed by atoms with Crippen molar-refractivity contribution < 1.29 is 9.53 Å². The van der Waals surface area contributed by atoms with Crippen LogP contribution in [0.1, 0.15) is 50.8 Å². The van der Waals surface area contributed by atoms with Gasteiger partial charge in [0.1, 0.15) is 5.82 Å². The van der Waals surface area contributed by atoms with Crippen LogP contribution in [0.3, 0.4) is 0 Å². The first-order valence-corrected chi connectivity index (χ1v) is 8.54. The first kappa shape index (κ1) is 16.2. The van der Waals surface area contributed by atoms with Gasteiger partial charge >= 0.3 is 5.69 Å². The Balaban J connectivity index is 1.75. The van der Waals surface area contributed by atoms with E-state index in [9.17, 15) is 9.59 Å². The third kappa shape index (κ3) is 2.82. The Morgan fingerprint density at radius 3 is 2.83 bits per heavy atom. The van der Waals surface area contributed by atoms with Gasteiger partial charge in [-0.1, -0.05) is 6.42 Å². The highest BCUT2D eigenvalue weighted by Crippen LogP contribution is 2.43. The number of aromatic amines is 1. The van der Waals surface area contributed by atoms with Crippen molar-refractivity contribution in [2.45, 2.75) is 51.5 Å². The van der Waals surface area contributed by atoms with Crippen molar-refractivity contribution in [3.63, 3.8) is 0 Å². The van der Waals surface area contributed by atoms with Gasteiger partial charge in [-0.25, -0.2) is 9.89 Å². The summed E-state index contributed by atoms with van der Waals surface area (Å²) in [6.07, 6.45) is 4.85. The van der Waals surface area contributed by atoms with Crippen LogP contribution in [0.15, 0.2) is 4.79 Å². The van der Waals surface area contributed by atoms with E-state index >= 15 is 0 Å². The molecule has 1 aromatic rings. The summed E-state index contributed by atoms with van der Waals surface area (Å²) in [7, 11) is 1.66. The zero-order chi connectivity index (χ0) is 16.4. The van der Waals surface area contributed by atoms with Gasteiger partial charge in [-0.15, -0.1) is 0 Å². The second-order valence-corrected chi connectivity index (χ2v) is 6.79. The number of methoxy groups -OCH3 is 1. The molecule has 0 bridgehead atoms. The fourth-order valence-corrected chi connectivity index (χ4v) is 3.95. The maximum absolute atomic E-state index is 13.0. The maximum Gasteiger partial charge on any atom is 0.343 e. The number of carbonyl (C=O) groups is 1. The van der Waals surface area contributed by atoms with E-state index in [1.54, 1.807) is 11.7 Å². The van der Waals surface area contributed by atoms with Crippen molar-refractivity contribution in [1.82, 2.24) is 19.7 Å². The summed E-state index contributed by atoms with van der Waals surface area (Å²) in [6, 6.07) is 0. The number of piperidine rings is 1. The third-order valence-electron chi connectivity index (χ3n) is 5.36. The van der Waals surface area contributed by atoms with Gasteiger partial charge in [-0.05, 0) is 32.6 Å². The molecular weight excluding hydrogens is 296 g/mol. The lowest BCUT2D eigenvalue weighted by atomic mass is 9.68. The van der Waals surface area contributed by atoms with E-state index in [0.29, 0.717) is 19.7 Å². The summed E-state index contributed by atoms with van der Waals surface area (Å²) < 4.78 is 6.98. The van der Waals surface area contributed by atoms with Crippen LogP contribution in [0.4, 0.5) is 0 Å². The number of amides is 1. The van der Waals surface area contributed by atoms with Gasteiger partial charge in [-0.2, -0.15) is 5.10 Å².